The zero-order valence-electron chi connectivity index (χ0n) is 19.0. The number of alkyl halides is 3. The molecule has 1 saturated carbocycles. The van der Waals surface area contributed by atoms with E-state index in [1.165, 1.54) is 19.3 Å². The highest BCUT2D eigenvalue weighted by atomic mass is 32.2. The highest BCUT2D eigenvalue weighted by Gasteiger charge is 2.24. The van der Waals surface area contributed by atoms with Crippen molar-refractivity contribution in [3.63, 3.8) is 0 Å². The summed E-state index contributed by atoms with van der Waals surface area (Å²) in [6.45, 7) is 1.86. The lowest BCUT2D eigenvalue weighted by Crippen LogP contribution is -2.43. The smallest absolute Gasteiger partial charge is 0.388 e. The first-order valence-corrected chi connectivity index (χ1v) is 11.9. The minimum absolute atomic E-state index is 0.0247. The number of thioether (sulfide) groups is 1. The van der Waals surface area contributed by atoms with Crippen LogP contribution in [-0.4, -0.2) is 53.3 Å². The third kappa shape index (κ3) is 13.1. The van der Waals surface area contributed by atoms with Crippen LogP contribution < -0.4 is 15.2 Å². The molecule has 0 saturated heterocycles. The number of alkyl carbamates (subject to hydrolysis) is 1. The zero-order chi connectivity index (χ0) is 25.6. The van der Waals surface area contributed by atoms with Crippen molar-refractivity contribution in [2.24, 2.45) is 5.92 Å². The number of rotatable bonds is 9. The van der Waals surface area contributed by atoms with Gasteiger partial charge in [0.15, 0.2) is 19.0 Å². The molecule has 0 bridgehead atoms. The van der Waals surface area contributed by atoms with Gasteiger partial charge in [0, 0.05) is 12.1 Å². The molecule has 0 aliphatic heterocycles. The van der Waals surface area contributed by atoms with Crippen molar-refractivity contribution >= 4 is 23.8 Å². The first-order valence-electron chi connectivity index (χ1n) is 10.6. The number of pyridine rings is 1. The Kier molecular flexibility index (Phi) is 13.1. The maximum absolute atomic E-state index is 12.0. The van der Waals surface area contributed by atoms with Crippen molar-refractivity contribution in [1.82, 2.24) is 10.6 Å². The highest BCUT2D eigenvalue weighted by Crippen LogP contribution is 2.27. The van der Waals surface area contributed by atoms with E-state index in [-0.39, 0.29) is 43.6 Å². The molecule has 0 spiro atoms. The molecular formula is C20H31F3N4O6S+2. The molecule has 2 amide bonds. The summed E-state index contributed by atoms with van der Waals surface area (Å²) in [5.74, 6) is 0.105. The van der Waals surface area contributed by atoms with Gasteiger partial charge in [-0.2, -0.15) is 22.6 Å². The summed E-state index contributed by atoms with van der Waals surface area (Å²) < 4.78 is 39.1. The van der Waals surface area contributed by atoms with Crippen LogP contribution in [-0.2, 0) is 16.3 Å². The first-order chi connectivity index (χ1) is 16.0. The van der Waals surface area contributed by atoms with E-state index in [1.54, 1.807) is 29.1 Å². The molecule has 1 aromatic rings. The second-order valence-corrected chi connectivity index (χ2v) is 8.35. The van der Waals surface area contributed by atoms with Crippen molar-refractivity contribution in [3.8, 4) is 0 Å². The molecular weight excluding hydrogens is 481 g/mol. The van der Waals surface area contributed by atoms with E-state index in [0.29, 0.717) is 11.5 Å². The molecule has 1 aliphatic rings. The fraction of sp³-hybridized carbons (Fsp3) is 0.650. The summed E-state index contributed by atoms with van der Waals surface area (Å²) in [7, 11) is 0. The van der Waals surface area contributed by atoms with Gasteiger partial charge in [0.05, 0.1) is 6.54 Å². The van der Waals surface area contributed by atoms with Crippen LogP contribution in [0.25, 0.3) is 0 Å². The maximum atomic E-state index is 12.0. The summed E-state index contributed by atoms with van der Waals surface area (Å²) in [6, 6.07) is 3.33. The Morgan fingerprint density at radius 2 is 1.97 bits per heavy atom. The Balaban J connectivity index is 0.000000852. The normalized spacial score (nSPS) is 14.7. The predicted molar refractivity (Wildman–Crippen MR) is 116 cm³/mol. The predicted octanol–water partition coefficient (Wildman–Crippen LogP) is 3.33. The Hall–Kier alpha value is -2.77. The molecule has 1 atom stereocenters. The molecule has 0 aromatic carbocycles. The van der Waals surface area contributed by atoms with Crippen molar-refractivity contribution in [2.45, 2.75) is 57.3 Å². The average molecular weight is 513 g/mol. The zero-order valence-corrected chi connectivity index (χ0v) is 19.9. The fourth-order valence-corrected chi connectivity index (χ4v) is 3.24. The summed E-state index contributed by atoms with van der Waals surface area (Å²) in [6.07, 6.45) is 9.67. The quantitative estimate of drug-likeness (QED) is 0.264. The number of halogens is 3. The molecule has 10 nitrogen and oxygen atoms in total. The van der Waals surface area contributed by atoms with E-state index < -0.39 is 16.7 Å². The van der Waals surface area contributed by atoms with Gasteiger partial charge in [0.1, 0.15) is 10.5 Å². The molecule has 1 fully saturated rings. The van der Waals surface area contributed by atoms with E-state index in [2.05, 4.69) is 15.5 Å². The topological polar surface area (TPSA) is 121 Å². The summed E-state index contributed by atoms with van der Waals surface area (Å²) in [5.41, 5.74) is -3.69. The Morgan fingerprint density at radius 1 is 1.32 bits per heavy atom. The van der Waals surface area contributed by atoms with E-state index in [9.17, 15) is 27.7 Å². The summed E-state index contributed by atoms with van der Waals surface area (Å²) >= 11 is -0.118. The Labute approximate surface area is 199 Å². The second kappa shape index (κ2) is 15.2. The van der Waals surface area contributed by atoms with Crippen LogP contribution >= 0.6 is 11.8 Å². The lowest BCUT2D eigenvalue weighted by atomic mass is 9.85. The van der Waals surface area contributed by atoms with E-state index in [0.717, 1.165) is 19.1 Å². The van der Waals surface area contributed by atoms with Crippen LogP contribution in [0, 0.1) is 10.8 Å². The molecule has 34 heavy (non-hydrogen) atoms. The number of aromatic nitrogens is 1. The molecule has 0 radical (unpaired) electrons. The van der Waals surface area contributed by atoms with E-state index in [1.807, 2.05) is 6.92 Å². The van der Waals surface area contributed by atoms with Crippen molar-refractivity contribution < 1.29 is 47.2 Å². The van der Waals surface area contributed by atoms with E-state index in [4.69, 9.17) is 9.94 Å². The number of ether oxygens (including phenoxy) is 1. The number of hydrogen-bond acceptors (Lipinski definition) is 6. The molecule has 1 heterocycles. The van der Waals surface area contributed by atoms with Crippen molar-refractivity contribution in [2.75, 3.05) is 19.4 Å². The van der Waals surface area contributed by atoms with Crippen molar-refractivity contribution in [3.05, 3.63) is 35.0 Å². The van der Waals surface area contributed by atoms with E-state index >= 15 is 0 Å². The van der Waals surface area contributed by atoms with Crippen LogP contribution in [0.4, 0.5) is 18.0 Å². The monoisotopic (exact) mass is 512 g/mol. The fourth-order valence-electron chi connectivity index (χ4n) is 3.24. The minimum atomic E-state index is -4.04. The van der Waals surface area contributed by atoms with Gasteiger partial charge < -0.3 is 15.4 Å². The summed E-state index contributed by atoms with van der Waals surface area (Å²) in [5, 5.41) is 13.0. The lowest BCUT2D eigenvalue weighted by molar-refractivity contribution is -0.975. The summed E-state index contributed by atoms with van der Waals surface area (Å²) in [4.78, 5) is 38.5. The van der Waals surface area contributed by atoms with Crippen LogP contribution in [0.3, 0.4) is 0 Å². The highest BCUT2D eigenvalue weighted by molar-refractivity contribution is 7.99. The Morgan fingerprint density at radius 3 is 2.56 bits per heavy atom. The van der Waals surface area contributed by atoms with Gasteiger partial charge in [-0.25, -0.2) is 10.0 Å². The average Bonchev–Trinajstić information content (AvgIpc) is 2.81. The van der Waals surface area contributed by atoms with Gasteiger partial charge >= 0.3 is 16.7 Å². The third-order valence-corrected chi connectivity index (χ3v) is 5.45. The lowest BCUT2D eigenvalue weighted by Gasteiger charge is -2.27. The molecule has 1 unspecified atom stereocenters. The standard InChI is InChI=1S/C18H26N4O6.C2H3F3S/c1-14(15-6-3-2-4-7-15)20-18(24)27-13-21-10-5-8-16(12-21)17(23)19-9-11-28-22(25)26;1-6-2(3,4)5/h5,8,10,12,14-15H,2-4,6-7,9,11,13H2,1H3,(H-2,19,20,23,24,25,26);1H3/p+2. The van der Waals surface area contributed by atoms with Gasteiger partial charge in [0.25, 0.3) is 12.6 Å². The number of nitrogens with zero attached hydrogens (tertiary/aromatic N) is 2. The number of amides is 2. The molecule has 1 aliphatic carbocycles. The molecule has 3 N–H and O–H groups in total. The molecule has 2 rings (SSSR count). The Bertz CT molecular complexity index is 794. The van der Waals surface area contributed by atoms with Gasteiger partial charge in [-0.05, 0) is 38.0 Å². The third-order valence-electron chi connectivity index (χ3n) is 4.99. The molecule has 1 aromatic heterocycles. The van der Waals surface area contributed by atoms with Gasteiger partial charge in [-0.15, -0.1) is 0 Å². The van der Waals surface area contributed by atoms with Crippen LogP contribution in [0.15, 0.2) is 24.5 Å². The van der Waals surface area contributed by atoms with Crippen molar-refractivity contribution in [1.29, 1.82) is 0 Å². The van der Waals surface area contributed by atoms with Crippen LogP contribution in [0.5, 0.6) is 0 Å². The largest absolute Gasteiger partial charge is 0.475 e. The minimum Gasteiger partial charge on any atom is -0.388 e. The number of hydrogen-bond donors (Lipinski definition) is 3. The molecule has 192 valence electrons. The SMILES string of the molecule is CC(NC(=O)OC[n+]1cccc(C(=O)NCCO[N+](=O)O)c1)C1CCCCC1.CSC(F)(F)F. The number of carbonyl (C=O) groups is 2. The van der Waals surface area contributed by atoms with Gasteiger partial charge in [-0.1, -0.05) is 31.0 Å². The van der Waals surface area contributed by atoms with Crippen LogP contribution in [0.1, 0.15) is 49.4 Å². The van der Waals surface area contributed by atoms with Gasteiger partial charge in [0.2, 0.25) is 0 Å². The number of nitrogens with one attached hydrogen (secondary N) is 2. The molecule has 14 heteroatoms. The van der Waals surface area contributed by atoms with Crippen LogP contribution in [0.2, 0.25) is 0 Å². The second-order valence-electron chi connectivity index (χ2n) is 7.48. The maximum Gasteiger partial charge on any atom is 0.475 e. The number of carbonyl (C=O) groups excluding carboxylic acids is 2. The first kappa shape index (κ1) is 29.3. The van der Waals surface area contributed by atoms with Gasteiger partial charge in [-0.3, -0.25) is 4.79 Å².